The normalized spacial score (nSPS) is 11.4. The number of methoxy groups -OCH3 is 2. The fourth-order valence-corrected chi connectivity index (χ4v) is 2.95. The first-order valence-electron chi connectivity index (χ1n) is 9.09. The minimum atomic E-state index is -1.05. The largest absolute Gasteiger partial charge is 0.508 e. The first-order chi connectivity index (χ1) is 14.5. The second-order valence-corrected chi connectivity index (χ2v) is 6.78. The molecule has 0 bridgehead atoms. The highest BCUT2D eigenvalue weighted by atomic mass is 35.5. The molecule has 3 aromatic rings. The molecule has 0 saturated carbocycles. The van der Waals surface area contributed by atoms with Crippen LogP contribution in [0.15, 0.2) is 66.7 Å². The van der Waals surface area contributed by atoms with Gasteiger partial charge in [-0.25, -0.2) is 4.79 Å². The molecule has 0 saturated heterocycles. The summed E-state index contributed by atoms with van der Waals surface area (Å²) < 4.78 is 22.0. The van der Waals surface area contributed by atoms with Crippen molar-refractivity contribution in [2.24, 2.45) is 0 Å². The topological polar surface area (TPSA) is 74.2 Å². The molecule has 7 heteroatoms. The number of hydrogen-bond donors (Lipinski definition) is 1. The number of ether oxygens (including phenoxy) is 4. The van der Waals surface area contributed by atoms with Gasteiger partial charge in [-0.15, -0.1) is 0 Å². The second-order valence-electron chi connectivity index (χ2n) is 6.35. The summed E-state index contributed by atoms with van der Waals surface area (Å²) >= 11 is 6.14. The van der Waals surface area contributed by atoms with E-state index in [2.05, 4.69) is 0 Å². The van der Waals surface area contributed by atoms with Crippen LogP contribution in [0.1, 0.15) is 17.2 Å². The highest BCUT2D eigenvalue weighted by molar-refractivity contribution is 6.30. The number of benzene rings is 3. The Morgan fingerprint density at radius 1 is 1.00 bits per heavy atom. The van der Waals surface area contributed by atoms with E-state index in [4.69, 9.17) is 30.5 Å². The quantitative estimate of drug-likeness (QED) is 0.513. The molecule has 0 fully saturated rings. The molecule has 1 unspecified atom stereocenters. The van der Waals surface area contributed by atoms with E-state index in [1.807, 2.05) is 6.07 Å². The monoisotopic (exact) mass is 428 g/mol. The molecular weight excluding hydrogens is 408 g/mol. The van der Waals surface area contributed by atoms with Gasteiger partial charge >= 0.3 is 5.97 Å². The fraction of sp³-hybridized carbons (Fsp3) is 0.174. The zero-order valence-electron chi connectivity index (χ0n) is 16.5. The van der Waals surface area contributed by atoms with Crippen molar-refractivity contribution in [1.82, 2.24) is 0 Å². The molecule has 3 aromatic carbocycles. The van der Waals surface area contributed by atoms with Gasteiger partial charge in [0.25, 0.3) is 0 Å². The standard InChI is InChI=1S/C23H21ClO6/c1-27-19-8-4-6-16(12-19)22(23(26)28-2)30-21-13-17(24)9-10-20(21)29-14-15-5-3-7-18(25)11-15/h3-13,22,25H,14H2,1-2H3. The number of phenolic OH excluding ortho intramolecular Hbond substituents is 1. The van der Waals surface area contributed by atoms with E-state index >= 15 is 0 Å². The Bertz CT molecular complexity index is 1020. The molecule has 0 aromatic heterocycles. The molecule has 0 radical (unpaired) electrons. The summed E-state index contributed by atoms with van der Waals surface area (Å²) in [7, 11) is 2.83. The number of carbonyl (C=O) groups is 1. The molecule has 156 valence electrons. The first kappa shape index (κ1) is 21.3. The third-order valence-corrected chi connectivity index (χ3v) is 4.50. The van der Waals surface area contributed by atoms with Crippen LogP contribution in [0, 0.1) is 0 Å². The third-order valence-electron chi connectivity index (χ3n) is 4.27. The van der Waals surface area contributed by atoms with Crippen molar-refractivity contribution in [3.8, 4) is 23.0 Å². The van der Waals surface area contributed by atoms with E-state index in [1.54, 1.807) is 60.7 Å². The minimum Gasteiger partial charge on any atom is -0.508 e. The molecule has 6 nitrogen and oxygen atoms in total. The lowest BCUT2D eigenvalue weighted by Crippen LogP contribution is -2.20. The molecule has 1 atom stereocenters. The van der Waals surface area contributed by atoms with Crippen molar-refractivity contribution in [1.29, 1.82) is 0 Å². The number of halogens is 1. The summed E-state index contributed by atoms with van der Waals surface area (Å²) in [5, 5.41) is 10.0. The predicted molar refractivity (Wildman–Crippen MR) is 112 cm³/mol. The molecule has 0 spiro atoms. The molecule has 0 aliphatic heterocycles. The molecule has 0 heterocycles. The molecule has 0 aliphatic carbocycles. The van der Waals surface area contributed by atoms with Gasteiger partial charge in [0.1, 0.15) is 18.1 Å². The van der Waals surface area contributed by atoms with Gasteiger partial charge in [-0.05, 0) is 42.0 Å². The highest BCUT2D eigenvalue weighted by Crippen LogP contribution is 2.35. The highest BCUT2D eigenvalue weighted by Gasteiger charge is 2.26. The van der Waals surface area contributed by atoms with Crippen LogP contribution in [-0.4, -0.2) is 25.3 Å². The molecule has 1 N–H and O–H groups in total. The van der Waals surface area contributed by atoms with Gasteiger partial charge in [-0.1, -0.05) is 35.9 Å². The van der Waals surface area contributed by atoms with Gasteiger partial charge in [0.05, 0.1) is 14.2 Å². The van der Waals surface area contributed by atoms with Crippen LogP contribution in [0.25, 0.3) is 0 Å². The molecule has 0 amide bonds. The molecule has 0 aliphatic rings. The van der Waals surface area contributed by atoms with Crippen LogP contribution < -0.4 is 14.2 Å². The lowest BCUT2D eigenvalue weighted by Gasteiger charge is -2.20. The van der Waals surface area contributed by atoms with Gasteiger partial charge in [0, 0.05) is 16.7 Å². The average Bonchev–Trinajstić information content (AvgIpc) is 2.76. The first-order valence-corrected chi connectivity index (χ1v) is 9.46. The van der Waals surface area contributed by atoms with E-state index in [0.717, 1.165) is 5.56 Å². The SMILES string of the molecule is COC(=O)C(Oc1cc(Cl)ccc1OCc1cccc(O)c1)c1cccc(OC)c1. The Morgan fingerprint density at radius 2 is 1.80 bits per heavy atom. The van der Waals surface area contributed by atoms with Gasteiger partial charge in [0.2, 0.25) is 6.10 Å². The van der Waals surface area contributed by atoms with Crippen molar-refractivity contribution in [2.75, 3.05) is 14.2 Å². The summed E-state index contributed by atoms with van der Waals surface area (Å²) in [5.41, 5.74) is 1.33. The Balaban J connectivity index is 1.88. The number of rotatable bonds is 8. The molecular formula is C23H21ClO6. The van der Waals surface area contributed by atoms with Crippen molar-refractivity contribution >= 4 is 17.6 Å². The number of hydrogen-bond acceptors (Lipinski definition) is 6. The summed E-state index contributed by atoms with van der Waals surface area (Å²) in [6, 6.07) is 18.6. The van der Waals surface area contributed by atoms with E-state index < -0.39 is 12.1 Å². The Kier molecular flexibility index (Phi) is 7.03. The zero-order chi connectivity index (χ0) is 21.5. The summed E-state index contributed by atoms with van der Waals surface area (Å²) in [4.78, 5) is 12.4. The lowest BCUT2D eigenvalue weighted by molar-refractivity contribution is -0.149. The maximum absolute atomic E-state index is 12.4. The number of aromatic hydroxyl groups is 1. The summed E-state index contributed by atoms with van der Waals surface area (Å²) in [5.74, 6) is 0.812. The lowest BCUT2D eigenvalue weighted by atomic mass is 10.1. The van der Waals surface area contributed by atoms with Gasteiger partial charge in [0.15, 0.2) is 11.5 Å². The van der Waals surface area contributed by atoms with Crippen LogP contribution in [0.2, 0.25) is 5.02 Å². The van der Waals surface area contributed by atoms with Crippen LogP contribution >= 0.6 is 11.6 Å². The van der Waals surface area contributed by atoms with Crippen molar-refractivity contribution in [2.45, 2.75) is 12.7 Å². The molecule has 3 rings (SSSR count). The Hall–Kier alpha value is -3.38. The van der Waals surface area contributed by atoms with Gasteiger partial charge in [-0.2, -0.15) is 0 Å². The maximum Gasteiger partial charge on any atom is 0.351 e. The third kappa shape index (κ3) is 5.36. The Morgan fingerprint density at radius 3 is 2.53 bits per heavy atom. The van der Waals surface area contributed by atoms with Crippen LogP contribution in [0.3, 0.4) is 0 Å². The smallest absolute Gasteiger partial charge is 0.351 e. The van der Waals surface area contributed by atoms with Crippen molar-refractivity contribution in [3.05, 3.63) is 82.9 Å². The predicted octanol–water partition coefficient (Wildman–Crippen LogP) is 4.93. The zero-order valence-corrected chi connectivity index (χ0v) is 17.3. The van der Waals surface area contributed by atoms with Gasteiger partial charge in [-0.3, -0.25) is 0 Å². The minimum absolute atomic E-state index is 0.146. The van der Waals surface area contributed by atoms with E-state index in [1.165, 1.54) is 14.2 Å². The average molecular weight is 429 g/mol. The van der Waals surface area contributed by atoms with E-state index in [-0.39, 0.29) is 18.1 Å². The fourth-order valence-electron chi connectivity index (χ4n) is 2.79. The van der Waals surface area contributed by atoms with Crippen LogP contribution in [-0.2, 0) is 16.1 Å². The van der Waals surface area contributed by atoms with Crippen LogP contribution in [0.4, 0.5) is 0 Å². The summed E-state index contributed by atoms with van der Waals surface area (Å²) in [6.07, 6.45) is -1.05. The Labute approximate surface area is 179 Å². The number of carbonyl (C=O) groups excluding carboxylic acids is 1. The maximum atomic E-state index is 12.4. The van der Waals surface area contributed by atoms with Crippen molar-refractivity contribution < 1.29 is 28.8 Å². The van der Waals surface area contributed by atoms with Crippen LogP contribution in [0.5, 0.6) is 23.0 Å². The number of phenols is 1. The number of esters is 1. The van der Waals surface area contributed by atoms with E-state index in [0.29, 0.717) is 22.1 Å². The second kappa shape index (κ2) is 9.89. The summed E-state index contributed by atoms with van der Waals surface area (Å²) in [6.45, 7) is 0.189. The molecule has 30 heavy (non-hydrogen) atoms. The van der Waals surface area contributed by atoms with E-state index in [9.17, 15) is 9.90 Å². The van der Waals surface area contributed by atoms with Crippen molar-refractivity contribution in [3.63, 3.8) is 0 Å². The van der Waals surface area contributed by atoms with Gasteiger partial charge < -0.3 is 24.1 Å².